The van der Waals surface area contributed by atoms with Gasteiger partial charge in [-0.1, -0.05) is 36.4 Å². The molecule has 2 N–H and O–H groups in total. The average molecular weight is 347 g/mol. The fraction of sp³-hybridized carbons (Fsp3) is 0.100. The van der Waals surface area contributed by atoms with E-state index < -0.39 is 5.91 Å². The van der Waals surface area contributed by atoms with Crippen LogP contribution in [0.25, 0.3) is 17.0 Å². The van der Waals surface area contributed by atoms with E-state index >= 15 is 0 Å². The Morgan fingerprint density at radius 1 is 1.00 bits per heavy atom. The minimum Gasteiger partial charge on any atom is -0.488 e. The van der Waals surface area contributed by atoms with Gasteiger partial charge in [-0.15, -0.1) is 0 Å². The van der Waals surface area contributed by atoms with Gasteiger partial charge < -0.3 is 9.30 Å². The van der Waals surface area contributed by atoms with Crippen molar-refractivity contribution in [2.75, 3.05) is 6.61 Å². The molecule has 2 aromatic carbocycles. The molecule has 26 heavy (non-hydrogen) atoms. The van der Waals surface area contributed by atoms with Crippen LogP contribution in [0.15, 0.2) is 60.3 Å². The molecule has 0 saturated heterocycles. The van der Waals surface area contributed by atoms with Crippen molar-refractivity contribution in [3.63, 3.8) is 0 Å². The predicted octanol–water partition coefficient (Wildman–Crippen LogP) is 2.42. The van der Waals surface area contributed by atoms with Gasteiger partial charge in [0.05, 0.1) is 11.1 Å². The van der Waals surface area contributed by atoms with E-state index in [0.29, 0.717) is 11.1 Å². The molecule has 0 fully saturated rings. The van der Waals surface area contributed by atoms with Gasteiger partial charge in [-0.25, -0.2) is 0 Å². The zero-order chi connectivity index (χ0) is 18.1. The number of carbonyl (C=O) groups is 2. The molecule has 0 radical (unpaired) electrons. The van der Waals surface area contributed by atoms with Crippen LogP contribution in [0.5, 0.6) is 5.75 Å². The number of aryl methyl sites for hydroxylation is 1. The quantitative estimate of drug-likeness (QED) is 0.699. The number of rotatable bonds is 2. The highest BCUT2D eigenvalue weighted by atomic mass is 16.5. The lowest BCUT2D eigenvalue weighted by Crippen LogP contribution is -2.43. The summed E-state index contributed by atoms with van der Waals surface area (Å²) in [6.45, 7) is 0.160. The summed E-state index contributed by atoms with van der Waals surface area (Å²) >= 11 is 0. The van der Waals surface area contributed by atoms with Gasteiger partial charge in [0, 0.05) is 29.7 Å². The minimum atomic E-state index is -0.395. The van der Waals surface area contributed by atoms with E-state index in [1.54, 1.807) is 12.3 Å². The number of fused-ring (bicyclic) bond motifs is 2. The van der Waals surface area contributed by atoms with Gasteiger partial charge in [0.15, 0.2) is 0 Å². The fourth-order valence-electron chi connectivity index (χ4n) is 3.03. The predicted molar refractivity (Wildman–Crippen MR) is 98.4 cm³/mol. The molecule has 0 unspecified atom stereocenters. The average Bonchev–Trinajstić information content (AvgIpc) is 3.02. The Bertz CT molecular complexity index is 1050. The molecule has 0 bridgehead atoms. The van der Waals surface area contributed by atoms with Gasteiger partial charge in [0.25, 0.3) is 11.8 Å². The van der Waals surface area contributed by atoms with Crippen LogP contribution in [-0.2, 0) is 11.8 Å². The Morgan fingerprint density at radius 2 is 1.73 bits per heavy atom. The van der Waals surface area contributed by atoms with Crippen molar-refractivity contribution in [2.24, 2.45) is 7.05 Å². The van der Waals surface area contributed by atoms with Crippen molar-refractivity contribution in [1.29, 1.82) is 0 Å². The summed E-state index contributed by atoms with van der Waals surface area (Å²) in [6, 6.07) is 15.1. The summed E-state index contributed by atoms with van der Waals surface area (Å²) in [5.41, 5.74) is 7.67. The molecule has 1 aromatic heterocycles. The molecule has 3 aromatic rings. The molecule has 0 aliphatic carbocycles. The van der Waals surface area contributed by atoms with Gasteiger partial charge in [0.1, 0.15) is 12.4 Å². The minimum absolute atomic E-state index is 0.160. The third kappa shape index (κ3) is 2.82. The number of hydrogen-bond acceptors (Lipinski definition) is 3. The Hall–Kier alpha value is -3.54. The monoisotopic (exact) mass is 347 g/mol. The lowest BCUT2D eigenvalue weighted by Gasteiger charge is -2.17. The van der Waals surface area contributed by atoms with Crippen molar-refractivity contribution >= 4 is 28.8 Å². The fourth-order valence-corrected chi connectivity index (χ4v) is 3.03. The number of benzene rings is 2. The van der Waals surface area contributed by atoms with Crippen LogP contribution in [0.3, 0.4) is 0 Å². The summed E-state index contributed by atoms with van der Waals surface area (Å²) in [5, 5.41) is 0.830. The maximum Gasteiger partial charge on any atom is 0.271 e. The van der Waals surface area contributed by atoms with Crippen LogP contribution in [0.2, 0.25) is 0 Å². The van der Waals surface area contributed by atoms with E-state index in [4.69, 9.17) is 4.74 Å². The van der Waals surface area contributed by atoms with E-state index in [9.17, 15) is 9.59 Å². The third-order valence-corrected chi connectivity index (χ3v) is 4.35. The van der Waals surface area contributed by atoms with E-state index in [0.717, 1.165) is 22.2 Å². The van der Waals surface area contributed by atoms with Gasteiger partial charge in [-0.05, 0) is 18.2 Å². The van der Waals surface area contributed by atoms with Crippen molar-refractivity contribution in [3.8, 4) is 5.75 Å². The highest BCUT2D eigenvalue weighted by molar-refractivity contribution is 6.08. The number of nitrogens with zero attached hydrogens (tertiary/aromatic N) is 1. The molecule has 4 rings (SSSR count). The number of para-hydroxylation sites is 2. The second kappa shape index (κ2) is 6.40. The van der Waals surface area contributed by atoms with E-state index in [1.807, 2.05) is 60.1 Å². The van der Waals surface area contributed by atoms with Crippen LogP contribution in [0, 0.1) is 0 Å². The smallest absolute Gasteiger partial charge is 0.271 e. The van der Waals surface area contributed by atoms with Crippen molar-refractivity contribution in [3.05, 3.63) is 71.4 Å². The summed E-state index contributed by atoms with van der Waals surface area (Å²) in [7, 11) is 1.87. The highest BCUT2D eigenvalue weighted by Gasteiger charge is 2.19. The van der Waals surface area contributed by atoms with Crippen LogP contribution >= 0.6 is 0 Å². The zero-order valence-corrected chi connectivity index (χ0v) is 14.2. The molecule has 0 spiro atoms. The van der Waals surface area contributed by atoms with Crippen LogP contribution in [0.4, 0.5) is 0 Å². The molecule has 6 nitrogen and oxygen atoms in total. The molecule has 130 valence electrons. The molecule has 2 heterocycles. The first-order chi connectivity index (χ1) is 12.6. The molecular weight excluding hydrogens is 330 g/mol. The normalized spacial score (nSPS) is 12.7. The lowest BCUT2D eigenvalue weighted by atomic mass is 10.1. The van der Waals surface area contributed by atoms with Crippen molar-refractivity contribution in [2.45, 2.75) is 0 Å². The maximum atomic E-state index is 12.5. The molecule has 1 aliphatic rings. The molecule has 1 aliphatic heterocycles. The van der Waals surface area contributed by atoms with Gasteiger partial charge in [-0.3, -0.25) is 20.4 Å². The van der Waals surface area contributed by atoms with Crippen molar-refractivity contribution in [1.82, 2.24) is 15.4 Å². The lowest BCUT2D eigenvalue weighted by molar-refractivity contribution is -0.118. The molecule has 0 saturated carbocycles. The van der Waals surface area contributed by atoms with Crippen LogP contribution < -0.4 is 15.6 Å². The SMILES string of the molecule is Cn1cc(C(=O)NNC(=O)C2=Cc3ccccc3OC2)c2ccccc21. The number of hydrazine groups is 1. The summed E-state index contributed by atoms with van der Waals surface area (Å²) in [5.74, 6) is -0.0233. The number of carbonyl (C=O) groups excluding carboxylic acids is 2. The highest BCUT2D eigenvalue weighted by Crippen LogP contribution is 2.25. The number of nitrogens with one attached hydrogen (secondary N) is 2. The summed E-state index contributed by atoms with van der Waals surface area (Å²) < 4.78 is 7.44. The van der Waals surface area contributed by atoms with E-state index in [1.165, 1.54) is 0 Å². The largest absolute Gasteiger partial charge is 0.488 e. The van der Waals surface area contributed by atoms with Gasteiger partial charge in [-0.2, -0.15) is 0 Å². The van der Waals surface area contributed by atoms with Gasteiger partial charge in [0.2, 0.25) is 0 Å². The van der Waals surface area contributed by atoms with Crippen LogP contribution in [0.1, 0.15) is 15.9 Å². The first kappa shape index (κ1) is 16.0. The molecule has 0 atom stereocenters. The topological polar surface area (TPSA) is 72.4 Å². The van der Waals surface area contributed by atoms with Crippen molar-refractivity contribution < 1.29 is 14.3 Å². The molecule has 2 amide bonds. The van der Waals surface area contributed by atoms with E-state index in [2.05, 4.69) is 10.9 Å². The standard InChI is InChI=1S/C20H17N3O3/c1-23-11-16(15-7-3-4-8-17(15)23)20(25)22-21-19(24)14-10-13-6-2-5-9-18(13)26-12-14/h2-11H,12H2,1H3,(H,21,24)(H,22,25). The Labute approximate surface area is 150 Å². The number of ether oxygens (including phenoxy) is 1. The van der Waals surface area contributed by atoms with E-state index in [-0.39, 0.29) is 12.5 Å². The zero-order valence-electron chi connectivity index (χ0n) is 14.2. The summed E-state index contributed by atoms with van der Waals surface area (Å²) in [4.78, 5) is 24.8. The molecule has 6 heteroatoms. The number of amides is 2. The number of hydrogen-bond donors (Lipinski definition) is 2. The van der Waals surface area contributed by atoms with Crippen LogP contribution in [-0.4, -0.2) is 23.0 Å². The maximum absolute atomic E-state index is 12.5. The Balaban J connectivity index is 1.48. The third-order valence-electron chi connectivity index (χ3n) is 4.35. The summed E-state index contributed by atoms with van der Waals surface area (Å²) in [6.07, 6.45) is 3.50. The second-order valence-electron chi connectivity index (χ2n) is 6.08. The second-order valence-corrected chi connectivity index (χ2v) is 6.08. The van der Waals surface area contributed by atoms with Gasteiger partial charge >= 0.3 is 0 Å². The first-order valence-corrected chi connectivity index (χ1v) is 8.20. The number of aromatic nitrogens is 1. The Kier molecular flexibility index (Phi) is 3.93. The first-order valence-electron chi connectivity index (χ1n) is 8.20. The Morgan fingerprint density at radius 3 is 2.62 bits per heavy atom. The molecular formula is C20H17N3O3.